The average Bonchev–Trinajstić information content (AvgIpc) is 2.86. The maximum atomic E-state index is 11.7. The van der Waals surface area contributed by atoms with Gasteiger partial charge in [0.05, 0.1) is 18.0 Å². The number of hydrogen-bond acceptors (Lipinski definition) is 3. The lowest BCUT2D eigenvalue weighted by atomic mass is 10.1. The molecule has 0 atom stereocenters. The summed E-state index contributed by atoms with van der Waals surface area (Å²) in [6, 6.07) is 5.58. The molecule has 0 spiro atoms. The number of anilines is 2. The Morgan fingerprint density at radius 1 is 1.42 bits per heavy atom. The van der Waals surface area contributed by atoms with Crippen molar-refractivity contribution in [1.29, 1.82) is 0 Å². The number of rotatable bonds is 5. The van der Waals surface area contributed by atoms with Gasteiger partial charge in [0.25, 0.3) is 0 Å². The first-order valence-corrected chi connectivity index (χ1v) is 6.89. The normalized spacial score (nSPS) is 15.6. The predicted octanol–water partition coefficient (Wildman–Crippen LogP) is 2.72. The van der Waals surface area contributed by atoms with Crippen molar-refractivity contribution in [2.75, 3.05) is 24.3 Å². The summed E-state index contributed by atoms with van der Waals surface area (Å²) in [6.07, 6.45) is 5.04. The van der Waals surface area contributed by atoms with Crippen molar-refractivity contribution < 1.29 is 9.53 Å². The van der Waals surface area contributed by atoms with Crippen LogP contribution in [0.15, 0.2) is 18.2 Å². The Kier molecular flexibility index (Phi) is 4.80. The Morgan fingerprint density at radius 3 is 2.84 bits per heavy atom. The van der Waals surface area contributed by atoms with Gasteiger partial charge >= 0.3 is 0 Å². The quantitative estimate of drug-likeness (QED) is 0.802. The molecule has 1 fully saturated rings. The van der Waals surface area contributed by atoms with E-state index in [1.807, 2.05) is 25.1 Å². The molecule has 0 saturated heterocycles. The molecule has 1 amide bonds. The topological polar surface area (TPSA) is 64.3 Å². The number of aryl methyl sites for hydroxylation is 1. The highest BCUT2D eigenvalue weighted by molar-refractivity contribution is 5.94. The Balaban J connectivity index is 1.74. The van der Waals surface area contributed by atoms with Crippen LogP contribution in [0.2, 0.25) is 0 Å². The van der Waals surface area contributed by atoms with Crippen LogP contribution < -0.4 is 11.1 Å². The molecule has 4 heteroatoms. The van der Waals surface area contributed by atoms with E-state index in [1.165, 1.54) is 25.7 Å². The molecule has 1 saturated carbocycles. The zero-order valence-electron chi connectivity index (χ0n) is 11.4. The lowest BCUT2D eigenvalue weighted by Gasteiger charge is -2.11. The highest BCUT2D eigenvalue weighted by Gasteiger charge is 2.15. The zero-order chi connectivity index (χ0) is 13.7. The van der Waals surface area contributed by atoms with E-state index >= 15 is 0 Å². The van der Waals surface area contributed by atoms with Crippen LogP contribution >= 0.6 is 0 Å². The number of nitrogens with one attached hydrogen (secondary N) is 1. The molecule has 0 bridgehead atoms. The molecule has 0 aliphatic heterocycles. The van der Waals surface area contributed by atoms with Crippen LogP contribution in [-0.2, 0) is 9.53 Å². The summed E-state index contributed by atoms with van der Waals surface area (Å²) in [5, 5.41) is 2.77. The summed E-state index contributed by atoms with van der Waals surface area (Å²) in [6.45, 7) is 2.76. The fourth-order valence-electron chi connectivity index (χ4n) is 2.48. The van der Waals surface area contributed by atoms with Crippen molar-refractivity contribution in [3.8, 4) is 0 Å². The summed E-state index contributed by atoms with van der Waals surface area (Å²) in [5.41, 5.74) is 8.16. The highest BCUT2D eigenvalue weighted by Crippen LogP contribution is 2.24. The molecule has 19 heavy (non-hydrogen) atoms. The molecule has 1 aliphatic carbocycles. The van der Waals surface area contributed by atoms with Gasteiger partial charge in [-0.2, -0.15) is 0 Å². The second-order valence-electron chi connectivity index (χ2n) is 5.30. The second-order valence-corrected chi connectivity index (χ2v) is 5.30. The van der Waals surface area contributed by atoms with Gasteiger partial charge in [-0.25, -0.2) is 0 Å². The molecule has 4 nitrogen and oxygen atoms in total. The van der Waals surface area contributed by atoms with E-state index in [2.05, 4.69) is 5.32 Å². The van der Waals surface area contributed by atoms with Crippen molar-refractivity contribution >= 4 is 17.3 Å². The molecular weight excluding hydrogens is 240 g/mol. The van der Waals surface area contributed by atoms with E-state index < -0.39 is 0 Å². The molecular formula is C15H22N2O2. The molecule has 104 valence electrons. The van der Waals surface area contributed by atoms with Crippen LogP contribution in [0.25, 0.3) is 0 Å². The lowest BCUT2D eigenvalue weighted by molar-refractivity contribution is -0.121. The highest BCUT2D eigenvalue weighted by atomic mass is 16.5. The smallest absolute Gasteiger partial charge is 0.250 e. The van der Waals surface area contributed by atoms with E-state index in [0.717, 1.165) is 5.56 Å². The fourth-order valence-corrected chi connectivity index (χ4v) is 2.48. The van der Waals surface area contributed by atoms with Crippen molar-refractivity contribution in [2.24, 2.45) is 5.92 Å². The van der Waals surface area contributed by atoms with Crippen molar-refractivity contribution in [1.82, 2.24) is 0 Å². The number of carbonyl (C=O) groups excluding carboxylic acids is 1. The standard InChI is InChI=1S/C15H22N2O2/c1-11-6-7-14(13(16)8-11)17-15(18)10-19-9-12-4-2-3-5-12/h6-8,12H,2-5,9-10,16H2,1H3,(H,17,18). The maximum absolute atomic E-state index is 11.7. The number of nitrogen functional groups attached to an aromatic ring is 1. The molecule has 0 unspecified atom stereocenters. The molecule has 1 aromatic carbocycles. The van der Waals surface area contributed by atoms with Gasteiger partial charge in [0.2, 0.25) is 5.91 Å². The summed E-state index contributed by atoms with van der Waals surface area (Å²) < 4.78 is 5.46. The average molecular weight is 262 g/mol. The van der Waals surface area contributed by atoms with Crippen LogP contribution in [0.5, 0.6) is 0 Å². The molecule has 0 radical (unpaired) electrons. The van der Waals surface area contributed by atoms with Gasteiger partial charge in [-0.15, -0.1) is 0 Å². The minimum absolute atomic E-state index is 0.101. The van der Waals surface area contributed by atoms with Crippen molar-refractivity contribution in [3.63, 3.8) is 0 Å². The van der Waals surface area contributed by atoms with Crippen LogP contribution in [-0.4, -0.2) is 19.1 Å². The van der Waals surface area contributed by atoms with Gasteiger partial charge in [0.15, 0.2) is 0 Å². The van der Waals surface area contributed by atoms with Gasteiger partial charge in [-0.3, -0.25) is 4.79 Å². The van der Waals surface area contributed by atoms with Crippen molar-refractivity contribution in [2.45, 2.75) is 32.6 Å². The van der Waals surface area contributed by atoms with Crippen LogP contribution in [0.3, 0.4) is 0 Å². The van der Waals surface area contributed by atoms with Gasteiger partial charge < -0.3 is 15.8 Å². The van der Waals surface area contributed by atoms with E-state index in [0.29, 0.717) is 23.9 Å². The monoisotopic (exact) mass is 262 g/mol. The van der Waals surface area contributed by atoms with Gasteiger partial charge in [-0.05, 0) is 43.4 Å². The predicted molar refractivity (Wildman–Crippen MR) is 77.0 cm³/mol. The number of benzene rings is 1. The first kappa shape index (κ1) is 13.9. The number of ether oxygens (including phenoxy) is 1. The Labute approximate surface area is 114 Å². The summed E-state index contributed by atoms with van der Waals surface area (Å²) in [5.74, 6) is 0.491. The van der Waals surface area contributed by atoms with Crippen LogP contribution in [0.4, 0.5) is 11.4 Å². The molecule has 3 N–H and O–H groups in total. The summed E-state index contributed by atoms with van der Waals surface area (Å²) in [7, 11) is 0. The Bertz CT molecular complexity index is 440. The number of nitrogens with two attached hydrogens (primary N) is 1. The van der Waals surface area contributed by atoms with Crippen molar-refractivity contribution in [3.05, 3.63) is 23.8 Å². The molecule has 0 aromatic heterocycles. The van der Waals surface area contributed by atoms with E-state index in [9.17, 15) is 4.79 Å². The molecule has 2 rings (SSSR count). The lowest BCUT2D eigenvalue weighted by Crippen LogP contribution is -2.20. The largest absolute Gasteiger partial charge is 0.397 e. The SMILES string of the molecule is Cc1ccc(NC(=O)COCC2CCCC2)c(N)c1. The second kappa shape index (κ2) is 6.57. The van der Waals surface area contributed by atoms with Gasteiger partial charge in [0.1, 0.15) is 6.61 Å². The number of hydrogen-bond donors (Lipinski definition) is 2. The third kappa shape index (κ3) is 4.24. The molecule has 1 aliphatic rings. The molecule has 1 aromatic rings. The first-order chi connectivity index (χ1) is 9.15. The zero-order valence-corrected chi connectivity index (χ0v) is 11.4. The summed E-state index contributed by atoms with van der Waals surface area (Å²) >= 11 is 0. The molecule has 0 heterocycles. The van der Waals surface area contributed by atoms with Crippen LogP contribution in [0, 0.1) is 12.8 Å². The fraction of sp³-hybridized carbons (Fsp3) is 0.533. The first-order valence-electron chi connectivity index (χ1n) is 6.89. The van der Waals surface area contributed by atoms with E-state index in [4.69, 9.17) is 10.5 Å². The van der Waals surface area contributed by atoms with E-state index in [1.54, 1.807) is 0 Å². The van der Waals surface area contributed by atoms with Gasteiger partial charge in [-0.1, -0.05) is 18.9 Å². The maximum Gasteiger partial charge on any atom is 0.250 e. The van der Waals surface area contributed by atoms with Gasteiger partial charge in [0, 0.05) is 0 Å². The minimum Gasteiger partial charge on any atom is -0.397 e. The minimum atomic E-state index is -0.145. The third-order valence-corrected chi connectivity index (χ3v) is 3.54. The van der Waals surface area contributed by atoms with E-state index in [-0.39, 0.29) is 12.5 Å². The van der Waals surface area contributed by atoms with Crippen LogP contribution in [0.1, 0.15) is 31.2 Å². The Hall–Kier alpha value is -1.55. The number of amides is 1. The summed E-state index contributed by atoms with van der Waals surface area (Å²) in [4.78, 5) is 11.7. The third-order valence-electron chi connectivity index (χ3n) is 3.54. The Morgan fingerprint density at radius 2 is 2.16 bits per heavy atom. The number of carbonyl (C=O) groups is 1.